The summed E-state index contributed by atoms with van der Waals surface area (Å²) in [5, 5.41) is 63.2. The van der Waals surface area contributed by atoms with Gasteiger partial charge in [0.2, 0.25) is 34.4 Å². The van der Waals surface area contributed by atoms with Crippen LogP contribution in [0.3, 0.4) is 0 Å². The van der Waals surface area contributed by atoms with Gasteiger partial charge in [0.05, 0.1) is 52.1 Å². The van der Waals surface area contributed by atoms with E-state index < -0.39 is 124 Å². The maximum absolute atomic E-state index is 12.6. The third kappa shape index (κ3) is 23.9. The van der Waals surface area contributed by atoms with Crippen LogP contribution >= 0.6 is 23.2 Å². The van der Waals surface area contributed by atoms with Crippen molar-refractivity contribution in [3.8, 4) is 11.5 Å². The molecule has 11 rings (SSSR count). The molecule has 108 heavy (non-hydrogen) atoms. The molecule has 9 aromatic carbocycles. The van der Waals surface area contributed by atoms with E-state index in [0.29, 0.717) is 11.4 Å². The summed E-state index contributed by atoms with van der Waals surface area (Å²) in [6.45, 7) is 0. The zero-order valence-corrected chi connectivity index (χ0v) is 74.1. The van der Waals surface area contributed by atoms with Gasteiger partial charge in [0.1, 0.15) is 83.5 Å². The Kier molecular flexibility index (Phi) is 32.9. The van der Waals surface area contributed by atoms with Crippen molar-refractivity contribution in [2.45, 2.75) is 29.4 Å². The van der Waals surface area contributed by atoms with Gasteiger partial charge in [-0.15, -0.1) is 20.5 Å². The van der Waals surface area contributed by atoms with Gasteiger partial charge in [0, 0.05) is 33.5 Å². The number of hydrogen-bond acceptors (Lipinski definition) is 38. The molecular formula is C56H32Cl2N18Na6O20S6. The van der Waals surface area contributed by atoms with E-state index in [1.54, 1.807) is 24.3 Å². The van der Waals surface area contributed by atoms with Crippen LogP contribution in [0.5, 0.6) is 11.5 Å². The number of anilines is 8. The smallest absolute Gasteiger partial charge is 0.744 e. The Morgan fingerprint density at radius 2 is 0.574 bits per heavy atom. The molecule has 0 aliphatic rings. The first-order valence-electron chi connectivity index (χ1n) is 27.4. The molecule has 0 aliphatic carbocycles. The van der Waals surface area contributed by atoms with Crippen LogP contribution in [0.1, 0.15) is 0 Å². The summed E-state index contributed by atoms with van der Waals surface area (Å²) in [7, 11) is -31.3. The van der Waals surface area contributed by atoms with E-state index in [9.17, 15) is 88.0 Å². The second-order valence-corrected chi connectivity index (χ2v) is 29.2. The van der Waals surface area contributed by atoms with Crippen molar-refractivity contribution in [1.29, 1.82) is 0 Å². The molecule has 0 radical (unpaired) electrons. The van der Waals surface area contributed by atoms with Crippen LogP contribution < -0.4 is 199 Å². The second-order valence-electron chi connectivity index (χ2n) is 20.4. The third-order valence-corrected chi connectivity index (χ3v) is 19.0. The van der Waals surface area contributed by atoms with Gasteiger partial charge in [-0.05, 0) is 192 Å². The second kappa shape index (κ2) is 38.1. The Bertz CT molecular complexity index is 5800. The topological polar surface area (TPSA) is 608 Å². The molecule has 6 N–H and O–H groups in total. The van der Waals surface area contributed by atoms with E-state index in [0.717, 1.165) is 97.1 Å². The number of aromatic nitrogens is 6. The van der Waals surface area contributed by atoms with E-state index in [2.05, 4.69) is 92.1 Å². The summed E-state index contributed by atoms with van der Waals surface area (Å²) in [5.74, 6) is -2.37. The van der Waals surface area contributed by atoms with Crippen molar-refractivity contribution < 1.29 is 265 Å². The molecule has 52 heteroatoms. The molecule has 0 amide bonds. The van der Waals surface area contributed by atoms with Crippen molar-refractivity contribution in [3.05, 3.63) is 168 Å². The fraction of sp³-hybridized carbons (Fsp3) is 0. The van der Waals surface area contributed by atoms with E-state index >= 15 is 0 Å². The molecule has 11 aromatic rings. The number of rotatable bonds is 22. The molecular weight excluding hydrogens is 1650 g/mol. The molecule has 0 saturated carbocycles. The molecule has 0 unspecified atom stereocenters. The van der Waals surface area contributed by atoms with Crippen molar-refractivity contribution in [3.63, 3.8) is 0 Å². The number of fused-ring (bicyclic) bond motifs is 2. The fourth-order valence-corrected chi connectivity index (χ4v) is 12.8. The number of benzene rings is 9. The normalized spacial score (nSPS) is 12.0. The number of nitrogens with zero attached hydrogens (tertiary/aromatic N) is 14. The molecule has 0 atom stereocenters. The zero-order valence-electron chi connectivity index (χ0n) is 55.7. The van der Waals surface area contributed by atoms with Crippen LogP contribution in [0.4, 0.5) is 92.0 Å². The molecule has 0 bridgehead atoms. The maximum Gasteiger partial charge on any atom is 1.00 e. The van der Waals surface area contributed by atoms with Crippen molar-refractivity contribution in [2.75, 3.05) is 21.3 Å². The van der Waals surface area contributed by atoms with Crippen LogP contribution in [0.15, 0.2) is 228 Å². The summed E-state index contributed by atoms with van der Waals surface area (Å²) >= 11 is 12.5. The van der Waals surface area contributed by atoms with Crippen LogP contribution in [0.25, 0.3) is 21.5 Å². The Balaban J connectivity index is 0.00000348. The largest absolute Gasteiger partial charge is 1.00 e. The van der Waals surface area contributed by atoms with Gasteiger partial charge in [-0.1, -0.05) is 0 Å². The molecule has 2 heterocycles. The predicted octanol–water partition coefficient (Wildman–Crippen LogP) is -6.83. The van der Waals surface area contributed by atoms with E-state index in [1.807, 2.05) is 0 Å². The standard InChI is InChI=1S/C56H38Cl2N18O20S6.6Na/c57-51-63-53(67-55(65-51)61-33-9-17-39-27(21-33)23-45(101(91,92)93)47(49(39)77)75-73-41-19-11-35(25-43(41)99(85,86)87)71-69-31-5-13-37(14-6-31)97(79,80)81)59-29-1-2-30(4-3-29)60-54-64-52(58)66-56(68-54)62-34-10-18-40-28(22-34)24-46(102(94,95)96)48(50(40)78)76-74-42-20-12-36(26-44(42)100(88,89)90)72-70-32-7-15-38(16-8-32)98(82,83)84;;;;;;/h1-26,77-78H,(H,79,80,81)(H,82,83,84)(H,85,86,87)(H,88,89,90)(H,91,92,93)(H,94,95,96)(H2,59,61,63,65,67)(H2,60,62,64,66,68);;;;;;/q;6*+1/p-6. The fourth-order valence-electron chi connectivity index (χ4n) is 9.00. The summed E-state index contributed by atoms with van der Waals surface area (Å²) < 4.78 is 217. The molecule has 0 saturated heterocycles. The molecule has 38 nitrogen and oxygen atoms in total. The number of halogens is 2. The van der Waals surface area contributed by atoms with Gasteiger partial charge in [-0.3, -0.25) is 0 Å². The quantitative estimate of drug-likeness (QED) is 0.0209. The third-order valence-electron chi connectivity index (χ3n) is 13.5. The summed E-state index contributed by atoms with van der Waals surface area (Å²) in [4.78, 5) is 19.5. The first kappa shape index (κ1) is 93.4. The maximum atomic E-state index is 12.6. The van der Waals surface area contributed by atoms with Crippen LogP contribution in [0.2, 0.25) is 10.6 Å². The molecule has 2 aromatic heterocycles. The average molecular weight is 1680 g/mol. The Hall–Kier alpha value is -5.24. The van der Waals surface area contributed by atoms with Crippen LogP contribution in [0, 0.1) is 0 Å². The Morgan fingerprint density at radius 3 is 0.870 bits per heavy atom. The summed E-state index contributed by atoms with van der Waals surface area (Å²) in [5.41, 5.74) is -2.61. The van der Waals surface area contributed by atoms with Gasteiger partial charge in [0.25, 0.3) is 0 Å². The van der Waals surface area contributed by atoms with Gasteiger partial charge < -0.3 is 58.8 Å². The minimum absolute atomic E-state index is 0. The van der Waals surface area contributed by atoms with E-state index in [-0.39, 0.29) is 267 Å². The van der Waals surface area contributed by atoms with Crippen molar-refractivity contribution in [2.24, 2.45) is 40.9 Å². The first-order valence-corrected chi connectivity index (χ1v) is 36.6. The number of aromatic hydroxyl groups is 2. The van der Waals surface area contributed by atoms with Gasteiger partial charge in [-0.25, -0.2) is 50.5 Å². The number of azo groups is 4. The zero-order chi connectivity index (χ0) is 73.4. The number of phenols is 2. The monoisotopic (exact) mass is 1680 g/mol. The Morgan fingerprint density at radius 1 is 0.296 bits per heavy atom. The Labute approximate surface area is 753 Å². The van der Waals surface area contributed by atoms with Gasteiger partial charge >= 0.3 is 177 Å². The minimum atomic E-state index is -5.49. The van der Waals surface area contributed by atoms with Gasteiger partial charge in [0.15, 0.2) is 11.5 Å². The molecule has 0 fully saturated rings. The molecule has 522 valence electrons. The summed E-state index contributed by atoms with van der Waals surface area (Å²) in [6, 6.07) is 29.6. The predicted molar refractivity (Wildman–Crippen MR) is 351 cm³/mol. The molecule has 0 spiro atoms. The van der Waals surface area contributed by atoms with E-state index in [4.69, 9.17) is 23.2 Å². The number of hydrogen-bond donors (Lipinski definition) is 6. The van der Waals surface area contributed by atoms with Crippen molar-refractivity contribution in [1.82, 2.24) is 29.9 Å². The summed E-state index contributed by atoms with van der Waals surface area (Å²) in [6.07, 6.45) is 0. The molecule has 0 aliphatic heterocycles. The van der Waals surface area contributed by atoms with Crippen LogP contribution in [-0.4, -0.2) is 118 Å². The van der Waals surface area contributed by atoms with Gasteiger partial charge in [-0.2, -0.15) is 50.4 Å². The average Bonchev–Trinajstić information content (AvgIpc) is 0.778. The van der Waals surface area contributed by atoms with Crippen molar-refractivity contribution >= 4 is 197 Å². The minimum Gasteiger partial charge on any atom is -0.744 e. The SMILES string of the molecule is O=S(=O)([O-])c1ccc(N=Nc2ccc(N=Nc3c(S(=O)(=O)[O-])cc4cc(Nc5nc(Cl)nc(Nc6ccc(Nc7nc(Cl)nc(Nc8ccc9c(O)c(N=Nc%10ccc(N=Nc%11ccc(S(=O)(=O)[O-])cc%11)cc%10S(=O)(=O)[O-])c(S(=O)(=O)[O-])cc9c8)n7)cc6)n5)ccc4c3O)c(S(=O)(=O)[O-])c2)cc1.[Na+].[Na+].[Na+].[Na+].[Na+].[Na+]. The van der Waals surface area contributed by atoms with E-state index in [1.165, 1.54) is 36.4 Å². The first-order chi connectivity index (χ1) is 47.9. The number of phenolic OH excluding ortho intramolecular Hbond substituents is 2. The van der Waals surface area contributed by atoms with Crippen LogP contribution in [-0.2, 0) is 60.7 Å². The number of nitrogens with one attached hydrogen (secondary N) is 4.